The Morgan fingerprint density at radius 1 is 0.429 bits per heavy atom. The van der Waals surface area contributed by atoms with Crippen molar-refractivity contribution in [3.8, 4) is 0 Å². The molecule has 0 atom stereocenters. The van der Waals surface area contributed by atoms with Crippen molar-refractivity contribution in [3.63, 3.8) is 0 Å². The molecular formula is C20H41Na. The minimum absolute atomic E-state index is 0. The van der Waals surface area contributed by atoms with Crippen molar-refractivity contribution < 1.29 is 29.6 Å². The van der Waals surface area contributed by atoms with Crippen molar-refractivity contribution in [2.75, 3.05) is 0 Å². The molecule has 0 radical (unpaired) electrons. The van der Waals surface area contributed by atoms with Crippen LogP contribution < -0.4 is 29.6 Å². The summed E-state index contributed by atoms with van der Waals surface area (Å²) in [6, 6.07) is 0. The van der Waals surface area contributed by atoms with Gasteiger partial charge >= 0.3 is 29.6 Å². The Bertz CT molecular complexity index is 138. The van der Waals surface area contributed by atoms with Crippen molar-refractivity contribution >= 4 is 0 Å². The van der Waals surface area contributed by atoms with Crippen LogP contribution in [0.3, 0.4) is 0 Å². The van der Waals surface area contributed by atoms with Gasteiger partial charge in [0.15, 0.2) is 0 Å². The Morgan fingerprint density at radius 2 is 0.667 bits per heavy atom. The van der Waals surface area contributed by atoms with Gasteiger partial charge in [0.25, 0.3) is 0 Å². The SMILES string of the molecule is [CH2-]CCCCCCCCCCCCCCCCCCC.[Na+]. The minimum atomic E-state index is 0. The Morgan fingerprint density at radius 3 is 0.905 bits per heavy atom. The van der Waals surface area contributed by atoms with Gasteiger partial charge in [-0.15, -0.1) is 0 Å². The van der Waals surface area contributed by atoms with Crippen LogP contribution in [0.1, 0.15) is 122 Å². The summed E-state index contributed by atoms with van der Waals surface area (Å²) >= 11 is 0. The molecule has 0 aromatic carbocycles. The zero-order valence-corrected chi connectivity index (χ0v) is 17.4. The van der Waals surface area contributed by atoms with Gasteiger partial charge in [-0.05, 0) is 0 Å². The molecule has 0 aliphatic heterocycles. The van der Waals surface area contributed by atoms with Crippen molar-refractivity contribution in [1.82, 2.24) is 0 Å². The van der Waals surface area contributed by atoms with Crippen molar-refractivity contribution in [2.24, 2.45) is 0 Å². The van der Waals surface area contributed by atoms with E-state index in [4.69, 9.17) is 0 Å². The molecule has 0 fully saturated rings. The van der Waals surface area contributed by atoms with E-state index in [1.807, 2.05) is 0 Å². The fourth-order valence-corrected chi connectivity index (χ4v) is 2.90. The van der Waals surface area contributed by atoms with Gasteiger partial charge in [0.2, 0.25) is 0 Å². The molecule has 0 amide bonds. The summed E-state index contributed by atoms with van der Waals surface area (Å²) in [5, 5.41) is 0. The predicted octanol–water partition coefficient (Wildman–Crippen LogP) is 4.87. The second kappa shape index (κ2) is 23.3. The van der Waals surface area contributed by atoms with Crippen molar-refractivity contribution in [1.29, 1.82) is 0 Å². The maximum absolute atomic E-state index is 3.89. The number of hydrogen-bond acceptors (Lipinski definition) is 0. The summed E-state index contributed by atoms with van der Waals surface area (Å²) in [5.41, 5.74) is 0. The van der Waals surface area contributed by atoms with Gasteiger partial charge in [-0.25, -0.2) is 0 Å². The van der Waals surface area contributed by atoms with Gasteiger partial charge in [-0.1, -0.05) is 116 Å². The van der Waals surface area contributed by atoms with Crippen molar-refractivity contribution in [3.05, 3.63) is 6.92 Å². The summed E-state index contributed by atoms with van der Waals surface area (Å²) in [6.07, 6.45) is 25.8. The standard InChI is InChI=1S/C20H41.Na/c1-3-5-7-9-11-13-15-17-19-20-18-16-14-12-10-8-6-4-2;/h1,3-20H2,2H3;/q-1;+1. The monoisotopic (exact) mass is 304 g/mol. The summed E-state index contributed by atoms with van der Waals surface area (Å²) in [4.78, 5) is 0. The molecule has 0 saturated carbocycles. The van der Waals surface area contributed by atoms with Gasteiger partial charge in [-0.2, -0.15) is 6.42 Å². The average molecular weight is 305 g/mol. The number of rotatable bonds is 17. The first-order chi connectivity index (χ1) is 9.91. The molecule has 0 N–H and O–H groups in total. The maximum Gasteiger partial charge on any atom is 1.00 e. The average Bonchev–Trinajstić information content (AvgIpc) is 2.47. The van der Waals surface area contributed by atoms with E-state index in [1.54, 1.807) is 0 Å². The summed E-state index contributed by atoms with van der Waals surface area (Å²) in [5.74, 6) is 0. The third-order valence-corrected chi connectivity index (χ3v) is 4.35. The van der Waals surface area contributed by atoms with Gasteiger partial charge in [-0.3, -0.25) is 0 Å². The maximum atomic E-state index is 3.89. The Kier molecular flexibility index (Phi) is 26.9. The molecule has 0 nitrogen and oxygen atoms in total. The van der Waals surface area contributed by atoms with E-state index in [1.165, 1.54) is 109 Å². The molecule has 0 aliphatic carbocycles. The van der Waals surface area contributed by atoms with Crippen LogP contribution in [-0.2, 0) is 0 Å². The van der Waals surface area contributed by atoms with Crippen LogP contribution in [0.5, 0.6) is 0 Å². The van der Waals surface area contributed by atoms with E-state index < -0.39 is 0 Å². The van der Waals surface area contributed by atoms with Crippen LogP contribution in [-0.4, -0.2) is 0 Å². The molecule has 0 bridgehead atoms. The molecule has 0 saturated heterocycles. The third-order valence-electron chi connectivity index (χ3n) is 4.35. The predicted molar refractivity (Wildman–Crippen MR) is 94.1 cm³/mol. The molecule has 0 aliphatic rings. The van der Waals surface area contributed by atoms with E-state index >= 15 is 0 Å². The number of hydrogen-bond donors (Lipinski definition) is 0. The van der Waals surface area contributed by atoms with E-state index in [2.05, 4.69) is 13.8 Å². The summed E-state index contributed by atoms with van der Waals surface area (Å²) in [6.45, 7) is 6.19. The van der Waals surface area contributed by atoms with Crippen LogP contribution in [0.2, 0.25) is 0 Å². The zero-order valence-electron chi connectivity index (χ0n) is 15.4. The normalized spacial score (nSPS) is 10.6. The molecule has 0 aromatic heterocycles. The topological polar surface area (TPSA) is 0 Å². The first kappa shape index (κ1) is 24.3. The fraction of sp³-hybridized carbons (Fsp3) is 0.950. The van der Waals surface area contributed by atoms with E-state index in [9.17, 15) is 0 Å². The van der Waals surface area contributed by atoms with E-state index in [-0.39, 0.29) is 29.6 Å². The smallest absolute Gasteiger partial charge is 0.343 e. The van der Waals surface area contributed by atoms with Crippen molar-refractivity contribution in [2.45, 2.75) is 122 Å². The molecule has 1 heteroatoms. The number of unbranched alkanes of at least 4 members (excludes halogenated alkanes) is 17. The quantitative estimate of drug-likeness (QED) is 0.204. The first-order valence-corrected chi connectivity index (χ1v) is 9.71. The Labute approximate surface area is 158 Å². The molecule has 0 rings (SSSR count). The second-order valence-electron chi connectivity index (χ2n) is 6.51. The zero-order chi connectivity index (χ0) is 14.7. The first-order valence-electron chi connectivity index (χ1n) is 9.71. The van der Waals surface area contributed by atoms with Crippen LogP contribution in [0.4, 0.5) is 0 Å². The fourth-order valence-electron chi connectivity index (χ4n) is 2.90. The molecule has 21 heavy (non-hydrogen) atoms. The van der Waals surface area contributed by atoms with Gasteiger partial charge in [0.1, 0.15) is 0 Å². The largest absolute Gasteiger partial charge is 1.00 e. The summed E-state index contributed by atoms with van der Waals surface area (Å²) in [7, 11) is 0. The van der Waals surface area contributed by atoms with Gasteiger partial charge < -0.3 is 6.92 Å². The van der Waals surface area contributed by atoms with Gasteiger partial charge in [0.05, 0.1) is 0 Å². The molecular weight excluding hydrogens is 263 g/mol. The van der Waals surface area contributed by atoms with Crippen LogP contribution in [0.15, 0.2) is 0 Å². The van der Waals surface area contributed by atoms with Crippen LogP contribution >= 0.6 is 0 Å². The van der Waals surface area contributed by atoms with Crippen LogP contribution in [0, 0.1) is 6.92 Å². The molecule has 122 valence electrons. The second-order valence-corrected chi connectivity index (χ2v) is 6.51. The Balaban J connectivity index is 0. The van der Waals surface area contributed by atoms with E-state index in [0.29, 0.717) is 0 Å². The summed E-state index contributed by atoms with van der Waals surface area (Å²) < 4.78 is 0. The minimum Gasteiger partial charge on any atom is -0.343 e. The van der Waals surface area contributed by atoms with Gasteiger partial charge in [0, 0.05) is 0 Å². The van der Waals surface area contributed by atoms with Crippen LogP contribution in [0.25, 0.3) is 0 Å². The van der Waals surface area contributed by atoms with E-state index in [0.717, 1.165) is 6.42 Å². The molecule has 0 aromatic rings. The molecule has 0 spiro atoms. The molecule has 0 unspecified atom stereocenters. The Hall–Kier alpha value is 1.00. The molecule has 0 heterocycles. The third kappa shape index (κ3) is 23.4.